The normalized spacial score (nSPS) is 15.7. The monoisotopic (exact) mass is 234 g/mol. The number of hydrogen-bond acceptors (Lipinski definition) is 1. The van der Waals surface area contributed by atoms with E-state index >= 15 is 0 Å². The largest absolute Gasteiger partial charge is 0.298 e. The van der Waals surface area contributed by atoms with Gasteiger partial charge in [-0.2, -0.15) is 0 Å². The molecule has 0 aromatic rings. The van der Waals surface area contributed by atoms with Crippen LogP contribution in [0.5, 0.6) is 0 Å². The molecule has 2 unspecified atom stereocenters. The van der Waals surface area contributed by atoms with E-state index in [0.717, 1.165) is 6.42 Å². The molecule has 0 aromatic heterocycles. The third-order valence-electron chi connectivity index (χ3n) is 2.12. The fraction of sp³-hybridized carbons (Fsp3) is 0.900. The quantitative estimate of drug-likeness (QED) is 0.508. The lowest BCUT2D eigenvalue weighted by Crippen LogP contribution is -2.18. The van der Waals surface area contributed by atoms with Crippen LogP contribution in [0.4, 0.5) is 0 Å². The highest BCUT2D eigenvalue weighted by molar-refractivity contribution is 9.10. The second-order valence-corrected chi connectivity index (χ2v) is 4.79. The Hall–Kier alpha value is 0.150. The molecule has 0 amide bonds. The Labute approximate surface area is 84.1 Å². The Bertz CT molecular complexity index is 132. The first-order valence-corrected chi connectivity index (χ1v) is 5.69. The summed E-state index contributed by atoms with van der Waals surface area (Å²) in [7, 11) is 0. The summed E-state index contributed by atoms with van der Waals surface area (Å²) in [6.45, 7) is 6.11. The molecule has 0 bridgehead atoms. The number of rotatable bonds is 6. The zero-order chi connectivity index (χ0) is 9.56. The van der Waals surface area contributed by atoms with Gasteiger partial charge in [-0.1, -0.05) is 49.0 Å². The second-order valence-electron chi connectivity index (χ2n) is 3.42. The minimum absolute atomic E-state index is 0.0223. The van der Waals surface area contributed by atoms with Crippen LogP contribution in [0.15, 0.2) is 0 Å². The molecule has 0 heterocycles. The molecule has 0 rings (SSSR count). The van der Waals surface area contributed by atoms with Gasteiger partial charge in [0.15, 0.2) is 0 Å². The van der Waals surface area contributed by atoms with Crippen LogP contribution in [0.3, 0.4) is 0 Å². The van der Waals surface area contributed by atoms with E-state index in [-0.39, 0.29) is 10.7 Å². The van der Waals surface area contributed by atoms with Crippen molar-refractivity contribution >= 4 is 21.7 Å². The Balaban J connectivity index is 3.57. The van der Waals surface area contributed by atoms with Gasteiger partial charge < -0.3 is 0 Å². The number of Topliss-reactive ketones (excluding diaryl/α,β-unsaturated/α-hetero) is 1. The average molecular weight is 235 g/mol. The third kappa shape index (κ3) is 4.91. The zero-order valence-corrected chi connectivity index (χ0v) is 9.86. The molecule has 0 saturated carbocycles. The first-order valence-electron chi connectivity index (χ1n) is 4.77. The topological polar surface area (TPSA) is 17.1 Å². The van der Waals surface area contributed by atoms with Crippen LogP contribution in [-0.2, 0) is 4.79 Å². The summed E-state index contributed by atoms with van der Waals surface area (Å²) in [5.74, 6) is 0.567. The first-order chi connectivity index (χ1) is 5.59. The van der Waals surface area contributed by atoms with Crippen molar-refractivity contribution in [1.29, 1.82) is 0 Å². The maximum Gasteiger partial charge on any atom is 0.148 e. The van der Waals surface area contributed by atoms with E-state index in [2.05, 4.69) is 22.9 Å². The van der Waals surface area contributed by atoms with Crippen molar-refractivity contribution in [3.8, 4) is 0 Å². The number of unbranched alkanes of at least 4 members (excludes halogenated alkanes) is 2. The molecule has 2 atom stereocenters. The van der Waals surface area contributed by atoms with Crippen LogP contribution in [0.1, 0.15) is 46.5 Å². The Kier molecular flexibility index (Phi) is 6.73. The van der Waals surface area contributed by atoms with Gasteiger partial charge >= 0.3 is 0 Å². The number of alkyl halides is 1. The molecule has 0 aromatic carbocycles. The van der Waals surface area contributed by atoms with Crippen molar-refractivity contribution in [2.45, 2.75) is 51.3 Å². The summed E-state index contributed by atoms with van der Waals surface area (Å²) < 4.78 is 0. The Morgan fingerprint density at radius 3 is 2.33 bits per heavy atom. The molecule has 0 radical (unpaired) electrons. The number of halogens is 1. The summed E-state index contributed by atoms with van der Waals surface area (Å²) in [6.07, 6.45) is 4.70. The highest BCUT2D eigenvalue weighted by atomic mass is 79.9. The van der Waals surface area contributed by atoms with Gasteiger partial charge in [-0.05, 0) is 13.3 Å². The molecule has 0 saturated heterocycles. The minimum atomic E-state index is 0.0223. The fourth-order valence-electron chi connectivity index (χ4n) is 1.23. The van der Waals surface area contributed by atoms with Crippen LogP contribution < -0.4 is 0 Å². The lowest BCUT2D eigenvalue weighted by atomic mass is 9.97. The van der Waals surface area contributed by atoms with Gasteiger partial charge in [0.05, 0.1) is 4.83 Å². The van der Waals surface area contributed by atoms with E-state index in [4.69, 9.17) is 0 Å². The molecule has 0 aliphatic rings. The molecule has 72 valence electrons. The van der Waals surface area contributed by atoms with Crippen molar-refractivity contribution in [3.05, 3.63) is 0 Å². The van der Waals surface area contributed by atoms with Crippen molar-refractivity contribution in [2.75, 3.05) is 0 Å². The maximum absolute atomic E-state index is 11.4. The molecule has 0 aliphatic carbocycles. The van der Waals surface area contributed by atoms with Gasteiger partial charge in [-0.15, -0.1) is 0 Å². The van der Waals surface area contributed by atoms with E-state index in [1.807, 2.05) is 13.8 Å². The van der Waals surface area contributed by atoms with Crippen LogP contribution in [0.25, 0.3) is 0 Å². The molecule has 12 heavy (non-hydrogen) atoms. The highest BCUT2D eigenvalue weighted by Crippen LogP contribution is 2.14. The molecular weight excluding hydrogens is 216 g/mol. The summed E-state index contributed by atoms with van der Waals surface area (Å²) in [4.78, 5) is 11.4. The van der Waals surface area contributed by atoms with Crippen molar-refractivity contribution in [2.24, 2.45) is 5.92 Å². The second kappa shape index (κ2) is 6.64. The van der Waals surface area contributed by atoms with Crippen LogP contribution in [-0.4, -0.2) is 10.6 Å². The van der Waals surface area contributed by atoms with E-state index in [1.54, 1.807) is 0 Å². The first kappa shape index (κ1) is 12.2. The predicted molar refractivity (Wildman–Crippen MR) is 56.7 cm³/mol. The maximum atomic E-state index is 11.4. The van der Waals surface area contributed by atoms with Crippen LogP contribution in [0.2, 0.25) is 0 Å². The summed E-state index contributed by atoms with van der Waals surface area (Å²) in [5.41, 5.74) is 0. The average Bonchev–Trinajstić information content (AvgIpc) is 2.03. The van der Waals surface area contributed by atoms with Gasteiger partial charge in [-0.25, -0.2) is 0 Å². The summed E-state index contributed by atoms with van der Waals surface area (Å²) >= 11 is 3.30. The predicted octanol–water partition coefficient (Wildman–Crippen LogP) is 3.56. The molecule has 0 spiro atoms. The van der Waals surface area contributed by atoms with E-state index in [0.29, 0.717) is 5.78 Å². The summed E-state index contributed by atoms with van der Waals surface area (Å²) in [6, 6.07) is 0. The Morgan fingerprint density at radius 1 is 1.33 bits per heavy atom. The fourth-order valence-corrected chi connectivity index (χ4v) is 1.69. The van der Waals surface area contributed by atoms with Crippen molar-refractivity contribution in [1.82, 2.24) is 0 Å². The van der Waals surface area contributed by atoms with Gasteiger partial charge in [0, 0.05) is 5.92 Å². The molecule has 0 fully saturated rings. The minimum Gasteiger partial charge on any atom is -0.298 e. The Morgan fingerprint density at radius 2 is 1.92 bits per heavy atom. The SMILES string of the molecule is CCCCCC(C)C(=O)C(C)Br. The van der Waals surface area contributed by atoms with Crippen LogP contribution in [0, 0.1) is 5.92 Å². The molecule has 2 heteroatoms. The van der Waals surface area contributed by atoms with Crippen molar-refractivity contribution in [3.63, 3.8) is 0 Å². The third-order valence-corrected chi connectivity index (χ3v) is 2.57. The van der Waals surface area contributed by atoms with Gasteiger partial charge in [-0.3, -0.25) is 4.79 Å². The van der Waals surface area contributed by atoms with Crippen LogP contribution >= 0.6 is 15.9 Å². The zero-order valence-electron chi connectivity index (χ0n) is 8.27. The summed E-state index contributed by atoms with van der Waals surface area (Å²) in [5, 5.41) is 0. The van der Waals surface area contributed by atoms with Gasteiger partial charge in [0.25, 0.3) is 0 Å². The smallest absolute Gasteiger partial charge is 0.148 e. The lowest BCUT2D eigenvalue weighted by molar-refractivity contribution is -0.121. The number of carbonyl (C=O) groups is 1. The molecule has 1 nitrogen and oxygen atoms in total. The molecule has 0 aliphatic heterocycles. The van der Waals surface area contributed by atoms with Gasteiger partial charge in [0.2, 0.25) is 0 Å². The number of hydrogen-bond donors (Lipinski definition) is 0. The van der Waals surface area contributed by atoms with Crippen molar-refractivity contribution < 1.29 is 4.79 Å². The molecular formula is C10H19BrO. The standard InChI is InChI=1S/C10H19BrO/c1-4-5-6-7-8(2)10(12)9(3)11/h8-9H,4-7H2,1-3H3. The molecule has 0 N–H and O–H groups in total. The highest BCUT2D eigenvalue weighted by Gasteiger charge is 2.16. The van der Waals surface area contributed by atoms with E-state index in [1.165, 1.54) is 19.3 Å². The van der Waals surface area contributed by atoms with Gasteiger partial charge in [0.1, 0.15) is 5.78 Å². The van der Waals surface area contributed by atoms with E-state index in [9.17, 15) is 4.79 Å². The van der Waals surface area contributed by atoms with E-state index < -0.39 is 0 Å². The lowest BCUT2D eigenvalue weighted by Gasteiger charge is -2.10. The number of carbonyl (C=O) groups excluding carboxylic acids is 1. The number of ketones is 1.